The normalized spacial score (nSPS) is 18.1. The van der Waals surface area contributed by atoms with Crippen molar-refractivity contribution in [2.45, 2.75) is 39.2 Å². The molecule has 0 radical (unpaired) electrons. The Morgan fingerprint density at radius 3 is 2.57 bits per heavy atom. The largest absolute Gasteiger partial charge is 0.356 e. The average Bonchev–Trinajstić information content (AvgIpc) is 3.02. The molecule has 5 rings (SSSR count). The Labute approximate surface area is 218 Å². The van der Waals surface area contributed by atoms with Crippen LogP contribution in [-0.4, -0.2) is 37.6 Å². The van der Waals surface area contributed by atoms with Crippen molar-refractivity contribution in [2.24, 2.45) is 0 Å². The van der Waals surface area contributed by atoms with Crippen LogP contribution in [-0.2, 0) is 11.3 Å². The topological polar surface area (TPSA) is 57.9 Å². The molecule has 4 heterocycles. The van der Waals surface area contributed by atoms with E-state index in [0.29, 0.717) is 31.3 Å². The summed E-state index contributed by atoms with van der Waals surface area (Å²) in [7, 11) is 0. The van der Waals surface area contributed by atoms with Crippen molar-refractivity contribution in [3.63, 3.8) is 0 Å². The van der Waals surface area contributed by atoms with Gasteiger partial charge < -0.3 is 4.90 Å². The van der Waals surface area contributed by atoms with Crippen molar-refractivity contribution < 1.29 is 4.79 Å². The van der Waals surface area contributed by atoms with Crippen LogP contribution in [0.3, 0.4) is 0 Å². The predicted molar refractivity (Wildman–Crippen MR) is 147 cm³/mol. The Kier molecular flexibility index (Phi) is 6.95. The van der Waals surface area contributed by atoms with Crippen LogP contribution in [0.2, 0.25) is 5.02 Å². The van der Waals surface area contributed by atoms with Gasteiger partial charge in [0.2, 0.25) is 0 Å². The summed E-state index contributed by atoms with van der Waals surface area (Å²) in [5.74, 6) is 0.415. The number of thiocarbonyl (C=S) groups is 1. The van der Waals surface area contributed by atoms with E-state index in [9.17, 15) is 9.59 Å². The van der Waals surface area contributed by atoms with E-state index in [1.165, 1.54) is 16.7 Å². The van der Waals surface area contributed by atoms with Gasteiger partial charge in [-0.2, -0.15) is 0 Å². The molecule has 0 spiro atoms. The first-order chi connectivity index (χ1) is 16.9. The fourth-order valence-electron chi connectivity index (χ4n) is 4.51. The summed E-state index contributed by atoms with van der Waals surface area (Å²) in [4.78, 5) is 36.2. The number of hydrogen-bond acceptors (Lipinski definition) is 6. The number of nitrogens with zero attached hydrogens (tertiary/aromatic N) is 4. The number of amides is 1. The predicted octanol–water partition coefficient (Wildman–Crippen LogP) is 5.44. The van der Waals surface area contributed by atoms with E-state index in [-0.39, 0.29) is 18.0 Å². The number of rotatable bonds is 4. The van der Waals surface area contributed by atoms with Crippen LogP contribution in [0.1, 0.15) is 42.4 Å². The third-order valence-electron chi connectivity index (χ3n) is 6.41. The minimum atomic E-state index is -0.226. The molecule has 0 saturated carbocycles. The van der Waals surface area contributed by atoms with Gasteiger partial charge in [0.15, 0.2) is 0 Å². The van der Waals surface area contributed by atoms with Gasteiger partial charge >= 0.3 is 0 Å². The third kappa shape index (κ3) is 4.75. The van der Waals surface area contributed by atoms with E-state index >= 15 is 0 Å². The standard InChI is InChI=1S/C26H25ClN4O2S2/c1-17-9-8-14-30-22(17)28-23(29-12-6-2-3-7-13-29)19(24(30)32)15-21-25(33)31(26(34)35-21)16-18-10-4-5-11-20(18)27/h4-5,8-11,14-15H,2-3,6-7,12-13,16H2,1H3. The van der Waals surface area contributed by atoms with Gasteiger partial charge in [-0.15, -0.1) is 0 Å². The van der Waals surface area contributed by atoms with Gasteiger partial charge in [0.25, 0.3) is 11.5 Å². The van der Waals surface area contributed by atoms with Gasteiger partial charge in [0, 0.05) is 24.3 Å². The van der Waals surface area contributed by atoms with Crippen LogP contribution in [0, 0.1) is 6.92 Å². The molecule has 1 amide bonds. The number of aryl methyl sites for hydroxylation is 1. The minimum absolute atomic E-state index is 0.186. The molecule has 6 nitrogen and oxygen atoms in total. The van der Waals surface area contributed by atoms with E-state index < -0.39 is 0 Å². The van der Waals surface area contributed by atoms with E-state index in [1.807, 2.05) is 37.3 Å². The number of aromatic nitrogens is 2. The molecule has 180 valence electrons. The first-order valence-electron chi connectivity index (χ1n) is 11.7. The van der Waals surface area contributed by atoms with Gasteiger partial charge in [-0.05, 0) is 49.1 Å². The zero-order chi connectivity index (χ0) is 24.5. The van der Waals surface area contributed by atoms with Crippen LogP contribution in [0.15, 0.2) is 52.3 Å². The summed E-state index contributed by atoms with van der Waals surface area (Å²) in [6, 6.07) is 11.2. The summed E-state index contributed by atoms with van der Waals surface area (Å²) >= 11 is 13.1. The maximum absolute atomic E-state index is 13.7. The molecule has 2 aliphatic heterocycles. The van der Waals surface area contributed by atoms with E-state index in [1.54, 1.807) is 22.7 Å². The molecule has 0 atom stereocenters. The summed E-state index contributed by atoms with van der Waals surface area (Å²) in [5.41, 5.74) is 2.63. The molecule has 3 aromatic rings. The number of pyridine rings is 1. The highest BCUT2D eigenvalue weighted by Crippen LogP contribution is 2.35. The fraction of sp³-hybridized carbons (Fsp3) is 0.308. The monoisotopic (exact) mass is 524 g/mol. The molecule has 0 N–H and O–H groups in total. The summed E-state index contributed by atoms with van der Waals surface area (Å²) in [5, 5.41) is 0.585. The van der Waals surface area contributed by atoms with Gasteiger partial charge in [-0.25, -0.2) is 4.98 Å². The highest BCUT2D eigenvalue weighted by atomic mass is 35.5. The molecular weight excluding hydrogens is 500 g/mol. The number of anilines is 1. The van der Waals surface area contributed by atoms with Crippen molar-refractivity contribution in [3.05, 3.63) is 79.6 Å². The number of benzene rings is 1. The lowest BCUT2D eigenvalue weighted by atomic mass is 10.2. The highest BCUT2D eigenvalue weighted by molar-refractivity contribution is 8.26. The van der Waals surface area contributed by atoms with Gasteiger partial charge in [-0.1, -0.05) is 72.7 Å². The lowest BCUT2D eigenvalue weighted by molar-refractivity contribution is -0.122. The zero-order valence-electron chi connectivity index (χ0n) is 19.4. The zero-order valence-corrected chi connectivity index (χ0v) is 21.8. The second-order valence-corrected chi connectivity index (χ2v) is 10.9. The van der Waals surface area contributed by atoms with Gasteiger partial charge in [-0.3, -0.25) is 18.9 Å². The number of thioether (sulfide) groups is 1. The quantitative estimate of drug-likeness (QED) is 0.335. The molecule has 2 saturated heterocycles. The van der Waals surface area contributed by atoms with Crippen LogP contribution in [0.5, 0.6) is 0 Å². The Hall–Kier alpha value is -2.68. The first kappa shape index (κ1) is 24.0. The molecule has 2 aliphatic rings. The number of hydrogen-bond donors (Lipinski definition) is 0. The summed E-state index contributed by atoms with van der Waals surface area (Å²) in [6.45, 7) is 3.91. The number of carbonyl (C=O) groups excluding carboxylic acids is 1. The van der Waals surface area contributed by atoms with E-state index in [0.717, 1.165) is 49.9 Å². The lowest BCUT2D eigenvalue weighted by Gasteiger charge is -2.24. The van der Waals surface area contributed by atoms with E-state index in [4.69, 9.17) is 28.8 Å². The van der Waals surface area contributed by atoms with Crippen LogP contribution in [0.25, 0.3) is 11.7 Å². The Morgan fingerprint density at radius 2 is 1.83 bits per heavy atom. The highest BCUT2D eigenvalue weighted by Gasteiger charge is 2.33. The van der Waals surface area contributed by atoms with Gasteiger partial charge in [0.1, 0.15) is 15.8 Å². The maximum Gasteiger partial charge on any atom is 0.267 e. The number of carbonyl (C=O) groups is 1. The molecule has 1 aromatic carbocycles. The fourth-order valence-corrected chi connectivity index (χ4v) is 5.95. The second kappa shape index (κ2) is 10.1. The summed E-state index contributed by atoms with van der Waals surface area (Å²) in [6.07, 6.45) is 7.83. The molecule has 0 unspecified atom stereocenters. The third-order valence-corrected chi connectivity index (χ3v) is 8.15. The Morgan fingerprint density at radius 1 is 1.09 bits per heavy atom. The van der Waals surface area contributed by atoms with Crippen molar-refractivity contribution in [2.75, 3.05) is 18.0 Å². The van der Waals surface area contributed by atoms with Crippen molar-refractivity contribution in [3.8, 4) is 0 Å². The second-order valence-electron chi connectivity index (χ2n) is 8.80. The molecule has 9 heteroatoms. The number of halogens is 1. The Bertz CT molecular complexity index is 1410. The number of fused-ring (bicyclic) bond motifs is 1. The van der Waals surface area contributed by atoms with E-state index in [2.05, 4.69) is 4.90 Å². The minimum Gasteiger partial charge on any atom is -0.356 e. The van der Waals surface area contributed by atoms with Gasteiger partial charge in [0.05, 0.1) is 17.0 Å². The first-order valence-corrected chi connectivity index (χ1v) is 13.3. The van der Waals surface area contributed by atoms with Crippen molar-refractivity contribution >= 4 is 63.3 Å². The molecule has 2 aromatic heterocycles. The maximum atomic E-state index is 13.7. The smallest absolute Gasteiger partial charge is 0.267 e. The molecule has 35 heavy (non-hydrogen) atoms. The lowest BCUT2D eigenvalue weighted by Crippen LogP contribution is -2.30. The van der Waals surface area contributed by atoms with Crippen LogP contribution >= 0.6 is 35.6 Å². The van der Waals surface area contributed by atoms with Crippen molar-refractivity contribution in [1.29, 1.82) is 0 Å². The molecule has 0 bridgehead atoms. The Balaban J connectivity index is 1.59. The SMILES string of the molecule is Cc1cccn2c(=O)c(C=C3SC(=S)N(Cc4ccccc4Cl)C3=O)c(N3CCCCCC3)nc12. The van der Waals surface area contributed by atoms with Crippen LogP contribution < -0.4 is 10.5 Å². The molecule has 2 fully saturated rings. The summed E-state index contributed by atoms with van der Waals surface area (Å²) < 4.78 is 2.01. The van der Waals surface area contributed by atoms with Crippen LogP contribution in [0.4, 0.5) is 5.82 Å². The molecular formula is C26H25ClN4O2S2. The average molecular weight is 525 g/mol. The van der Waals surface area contributed by atoms with Crippen molar-refractivity contribution in [1.82, 2.24) is 14.3 Å². The molecule has 0 aliphatic carbocycles.